The highest BCUT2D eigenvalue weighted by Gasteiger charge is 2.29. The average Bonchev–Trinajstić information content (AvgIpc) is 2.68. The molecule has 2 heterocycles. The molecule has 2 rings (SSSR count). The van der Waals surface area contributed by atoms with Gasteiger partial charge in [0.25, 0.3) is 15.0 Å². The van der Waals surface area contributed by atoms with Crippen molar-refractivity contribution in [1.29, 1.82) is 0 Å². The van der Waals surface area contributed by atoms with E-state index in [1.165, 1.54) is 12.4 Å². The molecule has 0 aliphatic rings. The molecule has 0 saturated carbocycles. The minimum Gasteiger partial charge on any atom is -0.220 e. The second-order valence-corrected chi connectivity index (χ2v) is 6.92. The molecule has 9 heteroatoms. The maximum Gasteiger partial charge on any atom is 0.266 e. The highest BCUT2D eigenvalue weighted by Crippen LogP contribution is 2.33. The Morgan fingerprint density at radius 1 is 1.26 bits per heavy atom. The standard InChI is InChI=1S/C10H10Cl2N4O2S/c1-6(2)7-8(19(12,17)18)9(11)16(15-7)10-13-4-3-5-14-10/h3-6H,1-2H3. The van der Waals surface area contributed by atoms with Gasteiger partial charge in [-0.05, 0) is 12.0 Å². The lowest BCUT2D eigenvalue weighted by Gasteiger charge is -2.01. The van der Waals surface area contributed by atoms with Crippen LogP contribution in [-0.2, 0) is 9.05 Å². The average molecular weight is 321 g/mol. The molecule has 6 nitrogen and oxygen atoms in total. The summed E-state index contributed by atoms with van der Waals surface area (Å²) in [6.45, 7) is 3.58. The monoisotopic (exact) mass is 320 g/mol. The van der Waals surface area contributed by atoms with Gasteiger partial charge in [-0.1, -0.05) is 25.4 Å². The smallest absolute Gasteiger partial charge is 0.220 e. The number of aromatic nitrogens is 4. The molecule has 0 fully saturated rings. The zero-order valence-corrected chi connectivity index (χ0v) is 12.4. The molecule has 0 atom stereocenters. The zero-order chi connectivity index (χ0) is 14.2. The molecule has 0 unspecified atom stereocenters. The first-order chi connectivity index (χ1) is 8.82. The van der Waals surface area contributed by atoms with Crippen molar-refractivity contribution in [3.63, 3.8) is 0 Å². The number of rotatable bonds is 3. The van der Waals surface area contributed by atoms with Crippen LogP contribution >= 0.6 is 22.3 Å². The molecule has 0 aromatic carbocycles. The van der Waals surface area contributed by atoms with Crippen molar-refractivity contribution < 1.29 is 8.42 Å². The van der Waals surface area contributed by atoms with Gasteiger partial charge >= 0.3 is 0 Å². The molecule has 2 aromatic rings. The van der Waals surface area contributed by atoms with Gasteiger partial charge in [0.2, 0.25) is 0 Å². The van der Waals surface area contributed by atoms with Crippen LogP contribution in [-0.4, -0.2) is 28.2 Å². The van der Waals surface area contributed by atoms with Gasteiger partial charge in [-0.25, -0.2) is 18.4 Å². The Labute approximate surface area is 119 Å². The number of halogens is 2. The van der Waals surface area contributed by atoms with E-state index in [1.807, 2.05) is 0 Å². The third-order valence-corrected chi connectivity index (χ3v) is 4.16. The lowest BCUT2D eigenvalue weighted by molar-refractivity contribution is 0.607. The van der Waals surface area contributed by atoms with E-state index in [4.69, 9.17) is 22.3 Å². The van der Waals surface area contributed by atoms with Crippen molar-refractivity contribution in [2.45, 2.75) is 24.7 Å². The van der Waals surface area contributed by atoms with Crippen molar-refractivity contribution in [3.8, 4) is 5.95 Å². The van der Waals surface area contributed by atoms with Gasteiger partial charge in [-0.3, -0.25) is 0 Å². The SMILES string of the molecule is CC(C)c1nn(-c2ncccn2)c(Cl)c1S(=O)(=O)Cl. The molecule has 0 amide bonds. The van der Waals surface area contributed by atoms with Crippen LogP contribution in [0.1, 0.15) is 25.5 Å². The molecule has 0 bridgehead atoms. The van der Waals surface area contributed by atoms with Gasteiger partial charge in [0.05, 0.1) is 5.69 Å². The van der Waals surface area contributed by atoms with E-state index in [1.54, 1.807) is 19.9 Å². The minimum atomic E-state index is -3.99. The van der Waals surface area contributed by atoms with Crippen LogP contribution in [0.15, 0.2) is 23.4 Å². The second kappa shape index (κ2) is 5.07. The van der Waals surface area contributed by atoms with Crippen molar-refractivity contribution in [2.24, 2.45) is 0 Å². The number of hydrogen-bond donors (Lipinski definition) is 0. The van der Waals surface area contributed by atoms with Crippen LogP contribution in [0.5, 0.6) is 0 Å². The minimum absolute atomic E-state index is 0.120. The summed E-state index contributed by atoms with van der Waals surface area (Å²) in [7, 11) is 1.41. The predicted octanol–water partition coefficient (Wildman–Crippen LogP) is 2.37. The van der Waals surface area contributed by atoms with Gasteiger partial charge in [0.15, 0.2) is 5.15 Å². The number of hydrogen-bond acceptors (Lipinski definition) is 5. The maximum absolute atomic E-state index is 11.6. The van der Waals surface area contributed by atoms with E-state index in [0.717, 1.165) is 4.68 Å². The first-order valence-corrected chi connectivity index (χ1v) is 8.01. The molecule has 0 saturated heterocycles. The quantitative estimate of drug-likeness (QED) is 0.811. The van der Waals surface area contributed by atoms with E-state index in [-0.39, 0.29) is 27.6 Å². The third-order valence-electron chi connectivity index (χ3n) is 2.35. The summed E-state index contributed by atoms with van der Waals surface area (Å²) in [5.41, 5.74) is 0.285. The highest BCUT2D eigenvalue weighted by atomic mass is 35.7. The van der Waals surface area contributed by atoms with E-state index in [9.17, 15) is 8.42 Å². The lowest BCUT2D eigenvalue weighted by Crippen LogP contribution is -2.02. The Kier molecular flexibility index (Phi) is 3.80. The Morgan fingerprint density at radius 3 is 2.26 bits per heavy atom. The fourth-order valence-corrected chi connectivity index (χ4v) is 3.44. The zero-order valence-electron chi connectivity index (χ0n) is 10.1. The van der Waals surface area contributed by atoms with Crippen molar-refractivity contribution in [3.05, 3.63) is 29.3 Å². The van der Waals surface area contributed by atoms with Gasteiger partial charge < -0.3 is 0 Å². The lowest BCUT2D eigenvalue weighted by atomic mass is 10.1. The normalized spacial score (nSPS) is 12.1. The second-order valence-electron chi connectivity index (χ2n) is 4.06. The van der Waals surface area contributed by atoms with Crippen molar-refractivity contribution in [2.75, 3.05) is 0 Å². The van der Waals surface area contributed by atoms with Gasteiger partial charge in [-0.2, -0.15) is 9.78 Å². The maximum atomic E-state index is 11.6. The fraction of sp³-hybridized carbons (Fsp3) is 0.300. The van der Waals surface area contributed by atoms with E-state index in [0.29, 0.717) is 0 Å². The molecule has 0 radical (unpaired) electrons. The summed E-state index contributed by atoms with van der Waals surface area (Å²) in [5.74, 6) is 0.0203. The van der Waals surface area contributed by atoms with Gasteiger partial charge in [0, 0.05) is 23.1 Å². The highest BCUT2D eigenvalue weighted by molar-refractivity contribution is 8.13. The van der Waals surface area contributed by atoms with Crippen LogP contribution in [0.25, 0.3) is 5.95 Å². The summed E-state index contributed by atoms with van der Waals surface area (Å²) in [6, 6.07) is 1.63. The summed E-state index contributed by atoms with van der Waals surface area (Å²) in [5, 5.41) is 4.02. The summed E-state index contributed by atoms with van der Waals surface area (Å²) in [4.78, 5) is 7.75. The summed E-state index contributed by atoms with van der Waals surface area (Å²) < 4.78 is 24.4. The Hall–Kier alpha value is -1.18. The topological polar surface area (TPSA) is 77.7 Å². The van der Waals surface area contributed by atoms with Crippen LogP contribution < -0.4 is 0 Å². The van der Waals surface area contributed by atoms with Crippen molar-refractivity contribution in [1.82, 2.24) is 19.7 Å². The molecule has 0 aliphatic carbocycles. The van der Waals surface area contributed by atoms with Gasteiger partial charge in [-0.15, -0.1) is 0 Å². The first-order valence-electron chi connectivity index (χ1n) is 5.33. The van der Waals surface area contributed by atoms with Gasteiger partial charge in [0.1, 0.15) is 4.90 Å². The van der Waals surface area contributed by atoms with E-state index in [2.05, 4.69) is 15.1 Å². The molecule has 102 valence electrons. The fourth-order valence-electron chi connectivity index (χ4n) is 1.54. The molecule has 0 spiro atoms. The number of nitrogens with zero attached hydrogens (tertiary/aromatic N) is 4. The Bertz CT molecular complexity index is 698. The molecule has 2 aromatic heterocycles. The van der Waals surface area contributed by atoms with Crippen LogP contribution in [0.3, 0.4) is 0 Å². The largest absolute Gasteiger partial charge is 0.266 e. The first kappa shape index (κ1) is 14.2. The Morgan fingerprint density at radius 2 is 1.84 bits per heavy atom. The van der Waals surface area contributed by atoms with Crippen molar-refractivity contribution >= 4 is 31.3 Å². The third kappa shape index (κ3) is 2.72. The van der Waals surface area contributed by atoms with Crippen LogP contribution in [0, 0.1) is 0 Å². The molecule has 0 aliphatic heterocycles. The molecular formula is C10H10Cl2N4O2S. The summed E-state index contributed by atoms with van der Waals surface area (Å²) in [6.07, 6.45) is 3.01. The molecule has 0 N–H and O–H groups in total. The predicted molar refractivity (Wildman–Crippen MR) is 71.3 cm³/mol. The van der Waals surface area contributed by atoms with E-state index < -0.39 is 9.05 Å². The molecular weight excluding hydrogens is 311 g/mol. The summed E-state index contributed by atoms with van der Waals surface area (Å²) >= 11 is 6.05. The van der Waals surface area contributed by atoms with Crippen LogP contribution in [0.2, 0.25) is 5.15 Å². The van der Waals surface area contributed by atoms with E-state index >= 15 is 0 Å². The molecule has 19 heavy (non-hydrogen) atoms. The van der Waals surface area contributed by atoms with Crippen LogP contribution in [0.4, 0.5) is 0 Å². The Balaban J connectivity index is 2.74.